The molecule has 0 aliphatic heterocycles. The fraction of sp³-hybridized carbons (Fsp3) is 0.133. The molecule has 0 atom stereocenters. The van der Waals surface area contributed by atoms with Crippen molar-refractivity contribution in [2.75, 3.05) is 4.72 Å². The maximum Gasteiger partial charge on any atom is 0.262 e. The van der Waals surface area contributed by atoms with Gasteiger partial charge in [-0.1, -0.05) is 18.2 Å². The van der Waals surface area contributed by atoms with Crippen molar-refractivity contribution in [1.29, 1.82) is 0 Å². The highest BCUT2D eigenvalue weighted by molar-refractivity contribution is 7.92. The molecule has 0 saturated heterocycles. The second-order valence-corrected chi connectivity index (χ2v) is 6.56. The molecule has 0 spiro atoms. The van der Waals surface area contributed by atoms with Gasteiger partial charge in [-0.15, -0.1) is 0 Å². The summed E-state index contributed by atoms with van der Waals surface area (Å²) in [6.45, 7) is 1.78. The number of anilines is 1. The molecule has 3 rings (SSSR count). The van der Waals surface area contributed by atoms with Crippen molar-refractivity contribution in [3.05, 3.63) is 54.2 Å². The van der Waals surface area contributed by atoms with Crippen LogP contribution in [0.1, 0.15) is 5.56 Å². The van der Waals surface area contributed by atoms with Gasteiger partial charge in [0, 0.05) is 18.1 Å². The summed E-state index contributed by atoms with van der Waals surface area (Å²) in [4.78, 5) is 0.288. The Morgan fingerprint density at radius 2 is 1.90 bits per heavy atom. The third kappa shape index (κ3) is 2.50. The Hall–Kier alpha value is -2.34. The van der Waals surface area contributed by atoms with Crippen LogP contribution in [-0.2, 0) is 17.1 Å². The Labute approximate surface area is 123 Å². The molecular formula is C15H15N3O2S. The lowest BCUT2D eigenvalue weighted by Crippen LogP contribution is -2.14. The van der Waals surface area contributed by atoms with E-state index in [1.165, 1.54) is 0 Å². The van der Waals surface area contributed by atoms with Crippen LogP contribution in [0.3, 0.4) is 0 Å². The summed E-state index contributed by atoms with van der Waals surface area (Å²) < 4.78 is 29.2. The summed E-state index contributed by atoms with van der Waals surface area (Å²) in [5.41, 5.74) is 2.19. The first-order valence-corrected chi connectivity index (χ1v) is 7.96. The molecule has 0 saturated carbocycles. The average molecular weight is 301 g/mol. The minimum atomic E-state index is -3.58. The van der Waals surface area contributed by atoms with Crippen LogP contribution in [0.4, 0.5) is 5.69 Å². The highest BCUT2D eigenvalue weighted by Gasteiger charge is 2.16. The van der Waals surface area contributed by atoms with Gasteiger partial charge < -0.3 is 0 Å². The van der Waals surface area contributed by atoms with Crippen molar-refractivity contribution in [2.24, 2.45) is 7.05 Å². The Morgan fingerprint density at radius 3 is 2.67 bits per heavy atom. The first-order valence-electron chi connectivity index (χ1n) is 6.47. The van der Waals surface area contributed by atoms with Gasteiger partial charge in [-0.2, -0.15) is 5.10 Å². The van der Waals surface area contributed by atoms with Gasteiger partial charge in [0.25, 0.3) is 10.0 Å². The molecule has 0 unspecified atom stereocenters. The number of nitrogens with one attached hydrogen (secondary N) is 1. The van der Waals surface area contributed by atoms with Gasteiger partial charge in [0.2, 0.25) is 0 Å². The Kier molecular flexibility index (Phi) is 3.17. The normalized spacial score (nSPS) is 11.7. The highest BCUT2D eigenvalue weighted by atomic mass is 32.2. The molecular weight excluding hydrogens is 286 g/mol. The van der Waals surface area contributed by atoms with Crippen LogP contribution in [0, 0.1) is 6.92 Å². The Bertz CT molecular complexity index is 914. The van der Waals surface area contributed by atoms with E-state index >= 15 is 0 Å². The average Bonchev–Trinajstić information content (AvgIpc) is 2.80. The zero-order valence-electron chi connectivity index (χ0n) is 11.7. The molecule has 0 bridgehead atoms. The SMILES string of the molecule is Cc1ccccc1S(=O)(=O)Nc1ccc2c(cnn2C)c1. The van der Waals surface area contributed by atoms with E-state index in [1.807, 2.05) is 19.2 Å². The minimum Gasteiger partial charge on any atom is -0.280 e. The molecule has 21 heavy (non-hydrogen) atoms. The summed E-state index contributed by atoms with van der Waals surface area (Å²) >= 11 is 0. The van der Waals surface area contributed by atoms with Gasteiger partial charge in [-0.3, -0.25) is 9.40 Å². The van der Waals surface area contributed by atoms with E-state index in [2.05, 4.69) is 9.82 Å². The molecule has 0 fully saturated rings. The van der Waals surface area contributed by atoms with Crippen molar-refractivity contribution in [2.45, 2.75) is 11.8 Å². The summed E-state index contributed by atoms with van der Waals surface area (Å²) in [7, 11) is -1.74. The van der Waals surface area contributed by atoms with E-state index in [-0.39, 0.29) is 4.90 Å². The largest absolute Gasteiger partial charge is 0.280 e. The van der Waals surface area contributed by atoms with Crippen LogP contribution in [-0.4, -0.2) is 18.2 Å². The lowest BCUT2D eigenvalue weighted by atomic mass is 10.2. The predicted octanol–water partition coefficient (Wildman–Crippen LogP) is 2.68. The first kappa shape index (κ1) is 13.6. The van der Waals surface area contributed by atoms with E-state index < -0.39 is 10.0 Å². The van der Waals surface area contributed by atoms with Crippen LogP contribution in [0.15, 0.2) is 53.6 Å². The van der Waals surface area contributed by atoms with Crippen molar-refractivity contribution in [1.82, 2.24) is 9.78 Å². The molecule has 1 heterocycles. The van der Waals surface area contributed by atoms with Crippen molar-refractivity contribution in [3.8, 4) is 0 Å². The van der Waals surface area contributed by atoms with Crippen molar-refractivity contribution < 1.29 is 8.42 Å². The van der Waals surface area contributed by atoms with Crippen molar-refractivity contribution in [3.63, 3.8) is 0 Å². The molecule has 0 amide bonds. The number of sulfonamides is 1. The fourth-order valence-electron chi connectivity index (χ4n) is 2.30. The number of aryl methyl sites for hydroxylation is 2. The standard InChI is InChI=1S/C15H15N3O2S/c1-11-5-3-4-6-15(11)21(19,20)17-13-7-8-14-12(9-13)10-16-18(14)2/h3-10,17H,1-2H3. The monoisotopic (exact) mass is 301 g/mol. The van der Waals surface area contributed by atoms with E-state index in [0.717, 1.165) is 10.9 Å². The maximum absolute atomic E-state index is 12.4. The lowest BCUT2D eigenvalue weighted by molar-refractivity contribution is 0.600. The molecule has 0 aliphatic rings. The van der Waals surface area contributed by atoms with Crippen LogP contribution in [0.5, 0.6) is 0 Å². The quantitative estimate of drug-likeness (QED) is 0.809. The molecule has 3 aromatic rings. The number of hydrogen-bond donors (Lipinski definition) is 1. The van der Waals surface area contributed by atoms with Gasteiger partial charge in [0.1, 0.15) is 0 Å². The Morgan fingerprint density at radius 1 is 1.14 bits per heavy atom. The smallest absolute Gasteiger partial charge is 0.262 e. The molecule has 0 radical (unpaired) electrons. The summed E-state index contributed by atoms with van der Waals surface area (Å²) in [5, 5.41) is 5.04. The molecule has 0 aliphatic carbocycles. The zero-order valence-corrected chi connectivity index (χ0v) is 12.6. The van der Waals surface area contributed by atoms with E-state index in [4.69, 9.17) is 0 Å². The minimum absolute atomic E-state index is 0.288. The first-order chi connectivity index (χ1) is 9.97. The number of nitrogens with zero attached hydrogens (tertiary/aromatic N) is 2. The third-order valence-electron chi connectivity index (χ3n) is 3.38. The van der Waals surface area contributed by atoms with Gasteiger partial charge in [-0.25, -0.2) is 8.42 Å². The van der Waals surface area contributed by atoms with Gasteiger partial charge >= 0.3 is 0 Å². The molecule has 1 aromatic heterocycles. The summed E-state index contributed by atoms with van der Waals surface area (Å²) in [5.74, 6) is 0. The molecule has 5 nitrogen and oxygen atoms in total. The Balaban J connectivity index is 1.99. The van der Waals surface area contributed by atoms with Gasteiger partial charge in [0.05, 0.1) is 16.6 Å². The van der Waals surface area contributed by atoms with Crippen LogP contribution in [0.2, 0.25) is 0 Å². The lowest BCUT2D eigenvalue weighted by Gasteiger charge is -2.10. The van der Waals surface area contributed by atoms with E-state index in [1.54, 1.807) is 48.1 Å². The fourth-order valence-corrected chi connectivity index (χ4v) is 3.59. The third-order valence-corrected chi connectivity index (χ3v) is 4.92. The number of aromatic nitrogens is 2. The predicted molar refractivity (Wildman–Crippen MR) is 82.7 cm³/mol. The zero-order chi connectivity index (χ0) is 15.0. The van der Waals surface area contributed by atoms with Crippen molar-refractivity contribution >= 4 is 26.6 Å². The number of benzene rings is 2. The second kappa shape index (κ2) is 4.89. The van der Waals surface area contributed by atoms with Gasteiger partial charge in [0.15, 0.2) is 0 Å². The number of hydrogen-bond acceptors (Lipinski definition) is 3. The van der Waals surface area contributed by atoms with Crippen LogP contribution >= 0.6 is 0 Å². The maximum atomic E-state index is 12.4. The number of rotatable bonds is 3. The molecule has 1 N–H and O–H groups in total. The topological polar surface area (TPSA) is 64.0 Å². The summed E-state index contributed by atoms with van der Waals surface area (Å²) in [6.07, 6.45) is 1.71. The van der Waals surface area contributed by atoms with Gasteiger partial charge in [-0.05, 0) is 36.8 Å². The molecule has 2 aromatic carbocycles. The van der Waals surface area contributed by atoms with Crippen LogP contribution in [0.25, 0.3) is 10.9 Å². The van der Waals surface area contributed by atoms with E-state index in [9.17, 15) is 8.42 Å². The molecule has 108 valence electrons. The molecule has 6 heteroatoms. The highest BCUT2D eigenvalue weighted by Crippen LogP contribution is 2.22. The summed E-state index contributed by atoms with van der Waals surface area (Å²) in [6, 6.07) is 12.3. The van der Waals surface area contributed by atoms with Crippen LogP contribution < -0.4 is 4.72 Å². The number of fused-ring (bicyclic) bond motifs is 1. The van der Waals surface area contributed by atoms with E-state index in [0.29, 0.717) is 11.3 Å². The second-order valence-electron chi connectivity index (χ2n) is 4.91.